The Hall–Kier alpha value is -2.89. The van der Waals surface area contributed by atoms with E-state index in [0.29, 0.717) is 13.1 Å². The minimum atomic E-state index is -0.0140. The predicted molar refractivity (Wildman–Crippen MR) is 116 cm³/mol. The molecule has 0 unspecified atom stereocenters. The molecular weight excluding hydrogens is 362 g/mol. The summed E-state index contributed by atoms with van der Waals surface area (Å²) in [5, 5.41) is 3.08. The number of hydrogen-bond donors (Lipinski definition) is 1. The fraction of sp³-hybridized carbons (Fsp3) is 0.435. The van der Waals surface area contributed by atoms with Crippen LogP contribution in [0.15, 0.2) is 48.8 Å². The summed E-state index contributed by atoms with van der Waals surface area (Å²) in [4.78, 5) is 24.1. The van der Waals surface area contributed by atoms with Gasteiger partial charge in [0.1, 0.15) is 0 Å². The summed E-state index contributed by atoms with van der Waals surface area (Å²) in [5.74, 6) is 1.11. The number of aromatic nitrogens is 3. The average molecular weight is 392 g/mol. The molecule has 1 fully saturated rings. The van der Waals surface area contributed by atoms with Crippen molar-refractivity contribution >= 4 is 22.9 Å². The van der Waals surface area contributed by atoms with Crippen molar-refractivity contribution in [3.8, 4) is 0 Å². The Balaban J connectivity index is 1.48. The van der Waals surface area contributed by atoms with E-state index >= 15 is 0 Å². The molecule has 4 rings (SSSR count). The van der Waals surface area contributed by atoms with Crippen LogP contribution in [0, 0.1) is 5.92 Å². The van der Waals surface area contributed by atoms with Crippen molar-refractivity contribution in [1.29, 1.82) is 0 Å². The largest absolute Gasteiger partial charge is 0.352 e. The zero-order valence-corrected chi connectivity index (χ0v) is 17.1. The molecule has 2 aromatic heterocycles. The van der Waals surface area contributed by atoms with Crippen molar-refractivity contribution in [2.75, 3.05) is 18.0 Å². The Kier molecular flexibility index (Phi) is 6.08. The summed E-state index contributed by atoms with van der Waals surface area (Å²) in [6, 6.07) is 12.2. The molecule has 0 saturated carbocycles. The zero-order valence-electron chi connectivity index (χ0n) is 17.1. The van der Waals surface area contributed by atoms with Gasteiger partial charge >= 0.3 is 0 Å². The highest BCUT2D eigenvalue weighted by molar-refractivity contribution is 5.81. The number of benzene rings is 1. The molecular formula is C23H29N5O. The van der Waals surface area contributed by atoms with Gasteiger partial charge in [0.05, 0.1) is 17.0 Å². The number of amides is 1. The lowest BCUT2D eigenvalue weighted by Crippen LogP contribution is -2.43. The number of para-hydroxylation sites is 2. The van der Waals surface area contributed by atoms with Crippen molar-refractivity contribution in [3.63, 3.8) is 0 Å². The van der Waals surface area contributed by atoms with Crippen LogP contribution in [0.2, 0.25) is 0 Å². The van der Waals surface area contributed by atoms with Crippen molar-refractivity contribution in [1.82, 2.24) is 19.9 Å². The maximum absolute atomic E-state index is 12.8. The van der Waals surface area contributed by atoms with E-state index in [2.05, 4.69) is 44.9 Å². The standard InChI is InChI=1S/C23H29N5O/c1-2-3-14-28-21-11-5-4-10-20(21)26-23(28)27-13-7-9-19(17-27)22(29)25-16-18-8-6-12-24-15-18/h4-6,8,10-12,15,19H,2-3,7,9,13-14,16-17H2,1H3,(H,25,29)/t19-/m1/s1. The zero-order chi connectivity index (χ0) is 20.1. The number of nitrogens with zero attached hydrogens (tertiary/aromatic N) is 4. The summed E-state index contributed by atoms with van der Waals surface area (Å²) in [5.41, 5.74) is 3.23. The summed E-state index contributed by atoms with van der Waals surface area (Å²) in [6.07, 6.45) is 7.73. The van der Waals surface area contributed by atoms with Crippen LogP contribution in [0.5, 0.6) is 0 Å². The number of anilines is 1. The molecule has 1 aromatic carbocycles. The maximum atomic E-state index is 12.8. The lowest BCUT2D eigenvalue weighted by atomic mass is 9.97. The second-order valence-electron chi connectivity index (χ2n) is 7.77. The van der Waals surface area contributed by atoms with Gasteiger partial charge in [0.25, 0.3) is 0 Å². The van der Waals surface area contributed by atoms with Gasteiger partial charge in [-0.3, -0.25) is 9.78 Å². The number of unbranched alkanes of at least 4 members (excludes halogenated alkanes) is 1. The summed E-state index contributed by atoms with van der Waals surface area (Å²) < 4.78 is 2.33. The number of nitrogens with one attached hydrogen (secondary N) is 1. The van der Waals surface area contributed by atoms with E-state index in [4.69, 9.17) is 4.98 Å². The third-order valence-corrected chi connectivity index (χ3v) is 5.63. The quantitative estimate of drug-likeness (QED) is 0.666. The fourth-order valence-corrected chi connectivity index (χ4v) is 4.05. The molecule has 29 heavy (non-hydrogen) atoms. The number of aryl methyl sites for hydroxylation is 1. The van der Waals surface area contributed by atoms with Crippen LogP contribution in [-0.2, 0) is 17.9 Å². The van der Waals surface area contributed by atoms with Crippen LogP contribution in [-0.4, -0.2) is 33.5 Å². The minimum absolute atomic E-state index is 0.0140. The van der Waals surface area contributed by atoms with Crippen molar-refractivity contribution in [2.45, 2.75) is 45.7 Å². The number of imidazole rings is 1. The molecule has 0 aliphatic carbocycles. The number of hydrogen-bond acceptors (Lipinski definition) is 4. The molecule has 1 N–H and O–H groups in total. The van der Waals surface area contributed by atoms with E-state index < -0.39 is 0 Å². The van der Waals surface area contributed by atoms with Crippen molar-refractivity contribution in [3.05, 3.63) is 54.4 Å². The van der Waals surface area contributed by atoms with Gasteiger partial charge in [-0.15, -0.1) is 0 Å². The Labute approximate surface area is 172 Å². The fourth-order valence-electron chi connectivity index (χ4n) is 4.05. The van der Waals surface area contributed by atoms with Crippen LogP contribution in [0.25, 0.3) is 11.0 Å². The Bertz CT molecular complexity index is 952. The summed E-state index contributed by atoms with van der Waals surface area (Å²) >= 11 is 0. The van der Waals surface area contributed by atoms with E-state index in [1.807, 2.05) is 18.2 Å². The van der Waals surface area contributed by atoms with Gasteiger partial charge in [0, 0.05) is 38.6 Å². The van der Waals surface area contributed by atoms with Crippen LogP contribution < -0.4 is 10.2 Å². The first-order valence-corrected chi connectivity index (χ1v) is 10.6. The van der Waals surface area contributed by atoms with E-state index in [1.54, 1.807) is 12.4 Å². The Morgan fingerprint density at radius 3 is 2.97 bits per heavy atom. The maximum Gasteiger partial charge on any atom is 0.225 e. The van der Waals surface area contributed by atoms with Crippen LogP contribution in [0.4, 0.5) is 5.95 Å². The Morgan fingerprint density at radius 2 is 2.14 bits per heavy atom. The molecule has 152 valence electrons. The van der Waals surface area contributed by atoms with Crippen LogP contribution >= 0.6 is 0 Å². The van der Waals surface area contributed by atoms with Crippen molar-refractivity contribution in [2.24, 2.45) is 5.92 Å². The smallest absolute Gasteiger partial charge is 0.225 e. The van der Waals surface area contributed by atoms with Gasteiger partial charge in [-0.05, 0) is 43.0 Å². The molecule has 1 saturated heterocycles. The summed E-state index contributed by atoms with van der Waals surface area (Å²) in [7, 11) is 0. The van der Waals surface area contributed by atoms with Gasteiger partial charge in [-0.25, -0.2) is 4.98 Å². The molecule has 6 nitrogen and oxygen atoms in total. The highest BCUT2D eigenvalue weighted by Crippen LogP contribution is 2.27. The summed E-state index contributed by atoms with van der Waals surface area (Å²) in [6.45, 7) is 5.36. The van der Waals surface area contributed by atoms with E-state index in [1.165, 1.54) is 5.52 Å². The van der Waals surface area contributed by atoms with Gasteiger partial charge in [0.2, 0.25) is 11.9 Å². The van der Waals surface area contributed by atoms with E-state index in [-0.39, 0.29) is 11.8 Å². The van der Waals surface area contributed by atoms with E-state index in [0.717, 1.165) is 55.8 Å². The number of rotatable bonds is 7. The van der Waals surface area contributed by atoms with Crippen LogP contribution in [0.3, 0.4) is 0 Å². The molecule has 3 heterocycles. The first kappa shape index (κ1) is 19.4. The van der Waals surface area contributed by atoms with E-state index in [9.17, 15) is 4.79 Å². The van der Waals surface area contributed by atoms with Crippen LogP contribution in [0.1, 0.15) is 38.2 Å². The number of carbonyl (C=O) groups excluding carboxylic acids is 1. The predicted octanol–water partition coefficient (Wildman–Crippen LogP) is 3.76. The molecule has 1 aliphatic heterocycles. The second-order valence-corrected chi connectivity index (χ2v) is 7.77. The number of piperidine rings is 1. The molecule has 0 bridgehead atoms. The number of carbonyl (C=O) groups is 1. The van der Waals surface area contributed by atoms with Gasteiger partial charge in [-0.2, -0.15) is 0 Å². The average Bonchev–Trinajstić information content (AvgIpc) is 3.15. The molecule has 0 radical (unpaired) electrons. The molecule has 3 aromatic rings. The normalized spacial score (nSPS) is 16.9. The SMILES string of the molecule is CCCCn1c(N2CCC[C@@H](C(=O)NCc3cccnc3)C2)nc2ccccc21. The number of fused-ring (bicyclic) bond motifs is 1. The van der Waals surface area contributed by atoms with Gasteiger partial charge in [-0.1, -0.05) is 31.5 Å². The third kappa shape index (κ3) is 4.42. The number of pyridine rings is 1. The second kappa shape index (κ2) is 9.07. The van der Waals surface area contributed by atoms with Gasteiger partial charge < -0.3 is 14.8 Å². The lowest BCUT2D eigenvalue weighted by molar-refractivity contribution is -0.125. The molecule has 0 spiro atoms. The Morgan fingerprint density at radius 1 is 1.24 bits per heavy atom. The lowest BCUT2D eigenvalue weighted by Gasteiger charge is -2.33. The molecule has 1 atom stereocenters. The topological polar surface area (TPSA) is 63.1 Å². The van der Waals surface area contributed by atoms with Gasteiger partial charge in [0.15, 0.2) is 0 Å². The highest BCUT2D eigenvalue weighted by Gasteiger charge is 2.28. The molecule has 1 amide bonds. The first-order chi connectivity index (χ1) is 14.3. The highest BCUT2D eigenvalue weighted by atomic mass is 16.1. The van der Waals surface area contributed by atoms with Crippen molar-refractivity contribution < 1.29 is 4.79 Å². The monoisotopic (exact) mass is 391 g/mol. The first-order valence-electron chi connectivity index (χ1n) is 10.6. The minimum Gasteiger partial charge on any atom is -0.352 e. The molecule has 6 heteroatoms. The third-order valence-electron chi connectivity index (χ3n) is 5.63. The molecule has 1 aliphatic rings.